The van der Waals surface area contributed by atoms with Crippen LogP contribution in [0.5, 0.6) is 0 Å². The first kappa shape index (κ1) is 16.5. The molecule has 3 heteroatoms. The van der Waals surface area contributed by atoms with Gasteiger partial charge in [0.1, 0.15) is 0 Å². The van der Waals surface area contributed by atoms with Crippen LogP contribution in [0.1, 0.15) is 22.3 Å². The smallest absolute Gasteiger partial charge is 0.0449 e. The standard InChI is InChI=1S/C18H21BrClN/c1-12-4-5-14(8-13(12)2)9-17(21-3)10-15-6-7-16(19)11-18(15)20/h4-8,11,17,21H,9-10H2,1-3H3. The van der Waals surface area contributed by atoms with E-state index < -0.39 is 0 Å². The summed E-state index contributed by atoms with van der Waals surface area (Å²) in [7, 11) is 2.01. The molecule has 0 aromatic heterocycles. The second-order valence-corrected chi connectivity index (χ2v) is 6.87. The van der Waals surface area contributed by atoms with E-state index in [1.165, 1.54) is 22.3 Å². The van der Waals surface area contributed by atoms with E-state index in [1.54, 1.807) is 0 Å². The average Bonchev–Trinajstić information content (AvgIpc) is 2.44. The SMILES string of the molecule is CNC(Cc1ccc(C)c(C)c1)Cc1ccc(Br)cc1Cl. The van der Waals surface area contributed by atoms with Crippen LogP contribution in [-0.4, -0.2) is 13.1 Å². The van der Waals surface area contributed by atoms with Gasteiger partial charge in [-0.15, -0.1) is 0 Å². The van der Waals surface area contributed by atoms with Gasteiger partial charge in [0.05, 0.1) is 0 Å². The number of likely N-dealkylation sites (N-methyl/N-ethyl adjacent to an activating group) is 1. The summed E-state index contributed by atoms with van der Waals surface area (Å²) < 4.78 is 1.02. The van der Waals surface area contributed by atoms with Crippen molar-refractivity contribution in [2.45, 2.75) is 32.7 Å². The van der Waals surface area contributed by atoms with Crippen molar-refractivity contribution in [2.75, 3.05) is 7.05 Å². The normalized spacial score (nSPS) is 12.4. The number of rotatable bonds is 5. The molecule has 1 atom stereocenters. The molecule has 0 aliphatic carbocycles. The highest BCUT2D eigenvalue weighted by Crippen LogP contribution is 2.23. The minimum absolute atomic E-state index is 0.380. The third-order valence-electron chi connectivity index (χ3n) is 3.94. The fourth-order valence-electron chi connectivity index (χ4n) is 2.44. The van der Waals surface area contributed by atoms with E-state index in [0.717, 1.165) is 22.3 Å². The maximum atomic E-state index is 6.32. The van der Waals surface area contributed by atoms with Crippen molar-refractivity contribution in [2.24, 2.45) is 0 Å². The van der Waals surface area contributed by atoms with Gasteiger partial charge in [-0.3, -0.25) is 0 Å². The molecule has 1 N–H and O–H groups in total. The molecule has 0 saturated carbocycles. The molecule has 1 nitrogen and oxygen atoms in total. The highest BCUT2D eigenvalue weighted by atomic mass is 79.9. The lowest BCUT2D eigenvalue weighted by molar-refractivity contribution is 0.556. The molecule has 2 rings (SSSR count). The minimum Gasteiger partial charge on any atom is -0.316 e. The van der Waals surface area contributed by atoms with Crippen LogP contribution in [-0.2, 0) is 12.8 Å². The van der Waals surface area contributed by atoms with Gasteiger partial charge in [0.15, 0.2) is 0 Å². The van der Waals surface area contributed by atoms with Crippen LogP contribution in [0.25, 0.3) is 0 Å². The molecule has 1 unspecified atom stereocenters. The fraction of sp³-hybridized carbons (Fsp3) is 0.333. The second kappa shape index (κ2) is 7.44. The van der Waals surface area contributed by atoms with Gasteiger partial charge in [0, 0.05) is 15.5 Å². The van der Waals surface area contributed by atoms with Crippen molar-refractivity contribution in [3.05, 3.63) is 68.1 Å². The van der Waals surface area contributed by atoms with Crippen molar-refractivity contribution < 1.29 is 0 Å². The lowest BCUT2D eigenvalue weighted by atomic mass is 9.97. The summed E-state index contributed by atoms with van der Waals surface area (Å²) in [5.41, 5.74) is 5.24. The van der Waals surface area contributed by atoms with Crippen LogP contribution in [0.4, 0.5) is 0 Å². The summed E-state index contributed by atoms with van der Waals surface area (Å²) in [5.74, 6) is 0. The molecule has 0 heterocycles. The van der Waals surface area contributed by atoms with Crippen LogP contribution >= 0.6 is 27.5 Å². The maximum Gasteiger partial charge on any atom is 0.0449 e. The second-order valence-electron chi connectivity index (χ2n) is 5.55. The molecule has 0 saturated heterocycles. The van der Waals surface area contributed by atoms with Gasteiger partial charge in [-0.25, -0.2) is 0 Å². The van der Waals surface area contributed by atoms with Gasteiger partial charge >= 0.3 is 0 Å². The Hall–Kier alpha value is -0.830. The van der Waals surface area contributed by atoms with Crippen molar-refractivity contribution >= 4 is 27.5 Å². The quantitative estimate of drug-likeness (QED) is 0.777. The summed E-state index contributed by atoms with van der Waals surface area (Å²) in [6, 6.07) is 13.2. The van der Waals surface area contributed by atoms with E-state index in [4.69, 9.17) is 11.6 Å². The Labute approximate surface area is 140 Å². The zero-order valence-electron chi connectivity index (χ0n) is 12.7. The molecule has 0 radical (unpaired) electrons. The number of halogens is 2. The van der Waals surface area contributed by atoms with E-state index >= 15 is 0 Å². The van der Waals surface area contributed by atoms with Gasteiger partial charge in [-0.05, 0) is 68.1 Å². The van der Waals surface area contributed by atoms with Gasteiger partial charge in [-0.2, -0.15) is 0 Å². The van der Waals surface area contributed by atoms with Crippen molar-refractivity contribution in [3.8, 4) is 0 Å². The van der Waals surface area contributed by atoms with Crippen molar-refractivity contribution in [1.82, 2.24) is 5.32 Å². The maximum absolute atomic E-state index is 6.32. The average molecular weight is 367 g/mol. The number of aryl methyl sites for hydroxylation is 2. The highest BCUT2D eigenvalue weighted by molar-refractivity contribution is 9.10. The number of benzene rings is 2. The zero-order chi connectivity index (χ0) is 15.4. The summed E-state index contributed by atoms with van der Waals surface area (Å²) in [6.07, 6.45) is 1.93. The highest BCUT2D eigenvalue weighted by Gasteiger charge is 2.11. The summed E-state index contributed by atoms with van der Waals surface area (Å²) >= 11 is 9.77. The topological polar surface area (TPSA) is 12.0 Å². The number of nitrogens with one attached hydrogen (secondary N) is 1. The van der Waals surface area contributed by atoms with Crippen LogP contribution in [0, 0.1) is 13.8 Å². The molecule has 112 valence electrons. The Morgan fingerprint density at radius 2 is 1.81 bits per heavy atom. The molecule has 0 aliphatic rings. The molecule has 0 amide bonds. The molecule has 0 aliphatic heterocycles. The van der Waals surface area contributed by atoms with Crippen molar-refractivity contribution in [3.63, 3.8) is 0 Å². The van der Waals surface area contributed by atoms with E-state index in [2.05, 4.69) is 59.4 Å². The first-order valence-corrected chi connectivity index (χ1v) is 8.34. The molecule has 0 fully saturated rings. The largest absolute Gasteiger partial charge is 0.316 e. The van der Waals surface area contributed by atoms with Gasteiger partial charge in [-0.1, -0.05) is 51.8 Å². The van der Waals surface area contributed by atoms with Crippen LogP contribution in [0.2, 0.25) is 5.02 Å². The lowest BCUT2D eigenvalue weighted by Gasteiger charge is -2.18. The van der Waals surface area contributed by atoms with E-state index in [9.17, 15) is 0 Å². The molecule has 0 bridgehead atoms. The Kier molecular flexibility index (Phi) is 5.86. The van der Waals surface area contributed by atoms with Gasteiger partial charge in [0.2, 0.25) is 0 Å². The monoisotopic (exact) mass is 365 g/mol. The molecular formula is C18H21BrClN. The molecule has 2 aromatic carbocycles. The van der Waals surface area contributed by atoms with E-state index in [1.807, 2.05) is 19.2 Å². The first-order chi connectivity index (χ1) is 9.99. The Morgan fingerprint density at radius 1 is 1.05 bits per heavy atom. The van der Waals surface area contributed by atoms with Crippen molar-refractivity contribution in [1.29, 1.82) is 0 Å². The van der Waals surface area contributed by atoms with Crippen LogP contribution < -0.4 is 5.32 Å². The Bertz CT molecular complexity index is 625. The Morgan fingerprint density at radius 3 is 2.43 bits per heavy atom. The molecule has 0 spiro atoms. The van der Waals surface area contributed by atoms with Gasteiger partial charge < -0.3 is 5.32 Å². The summed E-state index contributed by atoms with van der Waals surface area (Å²) in [5, 5.41) is 4.23. The molecule has 21 heavy (non-hydrogen) atoms. The molecular weight excluding hydrogens is 346 g/mol. The summed E-state index contributed by atoms with van der Waals surface area (Å²) in [4.78, 5) is 0. The number of hydrogen-bond donors (Lipinski definition) is 1. The zero-order valence-corrected chi connectivity index (χ0v) is 15.1. The third-order valence-corrected chi connectivity index (χ3v) is 4.79. The van der Waals surface area contributed by atoms with E-state index in [0.29, 0.717) is 6.04 Å². The lowest BCUT2D eigenvalue weighted by Crippen LogP contribution is -2.30. The predicted molar refractivity (Wildman–Crippen MR) is 95.3 cm³/mol. The molecule has 2 aromatic rings. The van der Waals surface area contributed by atoms with E-state index in [-0.39, 0.29) is 0 Å². The summed E-state index contributed by atoms with van der Waals surface area (Å²) in [6.45, 7) is 4.31. The van der Waals surface area contributed by atoms with Gasteiger partial charge in [0.25, 0.3) is 0 Å². The first-order valence-electron chi connectivity index (χ1n) is 7.17. The predicted octanol–water partition coefficient (Wildman–Crippen LogP) is 5.09. The number of hydrogen-bond acceptors (Lipinski definition) is 1. The third kappa shape index (κ3) is 4.57. The van der Waals surface area contributed by atoms with Crippen LogP contribution in [0.3, 0.4) is 0 Å². The minimum atomic E-state index is 0.380. The Balaban J connectivity index is 2.10. The fourth-order valence-corrected chi connectivity index (χ4v) is 3.19. The van der Waals surface area contributed by atoms with Crippen LogP contribution in [0.15, 0.2) is 40.9 Å².